The number of amides is 3. The van der Waals surface area contributed by atoms with Crippen molar-refractivity contribution in [2.75, 3.05) is 26.2 Å². The molecule has 0 aromatic carbocycles. The minimum Gasteiger partial charge on any atom is -0.351 e. The van der Waals surface area contributed by atoms with Crippen molar-refractivity contribution in [2.24, 2.45) is 17.1 Å². The van der Waals surface area contributed by atoms with Gasteiger partial charge < -0.3 is 16.0 Å². The molecule has 1 saturated carbocycles. The molecular formula is C20H31F2N5O2. The summed E-state index contributed by atoms with van der Waals surface area (Å²) in [5, 5.41) is 12.1. The predicted molar refractivity (Wildman–Crippen MR) is 103 cm³/mol. The third kappa shape index (κ3) is 4.47. The molecule has 162 valence electrons. The number of alkyl halides is 2. The topological polar surface area (TPSA) is 102 Å². The van der Waals surface area contributed by atoms with E-state index in [-0.39, 0.29) is 11.5 Å². The van der Waals surface area contributed by atoms with E-state index in [0.29, 0.717) is 38.8 Å². The largest absolute Gasteiger partial charge is 0.351 e. The summed E-state index contributed by atoms with van der Waals surface area (Å²) in [4.78, 5) is 28.3. The van der Waals surface area contributed by atoms with Gasteiger partial charge in [-0.2, -0.15) is 5.26 Å². The molecule has 9 heteroatoms. The van der Waals surface area contributed by atoms with Crippen LogP contribution in [0.5, 0.6) is 0 Å². The van der Waals surface area contributed by atoms with Gasteiger partial charge in [0.2, 0.25) is 11.8 Å². The number of rotatable bonds is 7. The first-order chi connectivity index (χ1) is 13.5. The van der Waals surface area contributed by atoms with E-state index in [2.05, 4.69) is 16.3 Å². The number of urea groups is 1. The van der Waals surface area contributed by atoms with Crippen molar-refractivity contribution >= 4 is 11.9 Å². The molecule has 3 amide bonds. The highest BCUT2D eigenvalue weighted by Crippen LogP contribution is 2.51. The van der Waals surface area contributed by atoms with E-state index < -0.39 is 35.7 Å². The van der Waals surface area contributed by atoms with Crippen LogP contribution in [0.3, 0.4) is 0 Å². The number of hydrogen-bond donors (Lipinski definition) is 2. The number of nitriles is 1. The third-order valence-corrected chi connectivity index (χ3v) is 6.74. The zero-order valence-electron chi connectivity index (χ0n) is 17.2. The summed E-state index contributed by atoms with van der Waals surface area (Å²) in [5.41, 5.74) is 4.22. The van der Waals surface area contributed by atoms with Gasteiger partial charge >= 0.3 is 6.03 Å². The lowest BCUT2D eigenvalue weighted by Crippen LogP contribution is -2.72. The zero-order valence-corrected chi connectivity index (χ0v) is 17.2. The van der Waals surface area contributed by atoms with Gasteiger partial charge in [-0.3, -0.25) is 9.69 Å². The fourth-order valence-electron chi connectivity index (χ4n) is 5.14. The van der Waals surface area contributed by atoms with E-state index >= 15 is 0 Å². The summed E-state index contributed by atoms with van der Waals surface area (Å²) < 4.78 is 28.2. The van der Waals surface area contributed by atoms with E-state index in [1.54, 1.807) is 4.90 Å². The molecule has 1 spiro atoms. The van der Waals surface area contributed by atoms with Crippen LogP contribution < -0.4 is 11.1 Å². The third-order valence-electron chi connectivity index (χ3n) is 6.74. The molecule has 7 nitrogen and oxygen atoms in total. The van der Waals surface area contributed by atoms with Gasteiger partial charge in [-0.05, 0) is 45.6 Å². The molecular weight excluding hydrogens is 380 g/mol. The maximum atomic E-state index is 14.1. The molecule has 2 aliphatic heterocycles. The van der Waals surface area contributed by atoms with Crippen molar-refractivity contribution in [3.63, 3.8) is 0 Å². The SMILES string of the molecule is CCCN1CC2(CCN(C(N)=O)CC2)C1[C@H](CC(C)(F)F)C(=O)NC1(C#N)CC1. The number of hydrogen-bond acceptors (Lipinski definition) is 4. The first-order valence-corrected chi connectivity index (χ1v) is 10.4. The van der Waals surface area contributed by atoms with Crippen molar-refractivity contribution in [1.82, 2.24) is 15.1 Å². The molecule has 3 fully saturated rings. The summed E-state index contributed by atoms with van der Waals surface area (Å²) in [7, 11) is 0. The number of piperidine rings is 1. The minimum absolute atomic E-state index is 0.280. The van der Waals surface area contributed by atoms with Gasteiger partial charge in [0.05, 0.1) is 12.0 Å². The van der Waals surface area contributed by atoms with Gasteiger partial charge in [0, 0.05) is 37.5 Å². The van der Waals surface area contributed by atoms with E-state index in [1.807, 2.05) is 6.92 Å². The number of halogens is 2. The number of nitrogens with one attached hydrogen (secondary N) is 1. The number of likely N-dealkylation sites (tertiary alicyclic amines) is 2. The van der Waals surface area contributed by atoms with Crippen LogP contribution in [-0.2, 0) is 4.79 Å². The van der Waals surface area contributed by atoms with Crippen molar-refractivity contribution in [1.29, 1.82) is 5.26 Å². The molecule has 2 atom stereocenters. The summed E-state index contributed by atoms with van der Waals surface area (Å²) in [5.74, 6) is -4.34. The van der Waals surface area contributed by atoms with E-state index in [4.69, 9.17) is 5.73 Å². The monoisotopic (exact) mass is 411 g/mol. The lowest BCUT2D eigenvalue weighted by atomic mass is 9.60. The fourth-order valence-corrected chi connectivity index (χ4v) is 5.14. The summed E-state index contributed by atoms with van der Waals surface area (Å²) in [6, 6.07) is 1.32. The van der Waals surface area contributed by atoms with Gasteiger partial charge in [0.15, 0.2) is 0 Å². The number of primary amides is 1. The molecule has 0 radical (unpaired) electrons. The van der Waals surface area contributed by atoms with Crippen LogP contribution in [0.2, 0.25) is 0 Å². The number of nitrogens with two attached hydrogens (primary N) is 1. The maximum absolute atomic E-state index is 14.1. The Morgan fingerprint density at radius 2 is 1.93 bits per heavy atom. The van der Waals surface area contributed by atoms with Crippen molar-refractivity contribution in [2.45, 2.75) is 69.9 Å². The van der Waals surface area contributed by atoms with Crippen molar-refractivity contribution in [3.8, 4) is 6.07 Å². The second kappa shape index (κ2) is 7.71. The standard InChI is InChI=1S/C20H31F2N5O2/c1-3-8-27-13-19(6-9-26(10-7-19)17(24)29)15(27)14(11-18(2,21)22)16(28)25-20(12-23)4-5-20/h14-15H,3-11,13H2,1-2H3,(H2,24,29)(H,25,28)/t14-,15?/m0/s1. The molecule has 1 aliphatic carbocycles. The van der Waals surface area contributed by atoms with E-state index in [9.17, 15) is 23.6 Å². The van der Waals surface area contributed by atoms with Crippen LogP contribution >= 0.6 is 0 Å². The summed E-state index contributed by atoms with van der Waals surface area (Å²) in [6.07, 6.45) is 2.72. The lowest BCUT2D eigenvalue weighted by molar-refractivity contribution is -0.162. The van der Waals surface area contributed by atoms with Gasteiger partial charge in [0.25, 0.3) is 0 Å². The Balaban J connectivity index is 1.84. The first kappa shape index (κ1) is 21.8. The second-order valence-corrected chi connectivity index (χ2v) is 9.17. The van der Waals surface area contributed by atoms with Crippen molar-refractivity contribution in [3.05, 3.63) is 0 Å². The average molecular weight is 411 g/mol. The van der Waals surface area contributed by atoms with Crippen LogP contribution in [-0.4, -0.2) is 65.4 Å². The maximum Gasteiger partial charge on any atom is 0.314 e. The lowest BCUT2D eigenvalue weighted by Gasteiger charge is -2.62. The molecule has 0 bridgehead atoms. The van der Waals surface area contributed by atoms with E-state index in [0.717, 1.165) is 26.4 Å². The molecule has 3 N–H and O–H groups in total. The average Bonchev–Trinajstić information content (AvgIpc) is 3.40. The summed E-state index contributed by atoms with van der Waals surface area (Å²) >= 11 is 0. The molecule has 2 heterocycles. The van der Waals surface area contributed by atoms with Crippen LogP contribution in [0.1, 0.15) is 52.4 Å². The van der Waals surface area contributed by atoms with Crippen molar-refractivity contribution < 1.29 is 18.4 Å². The smallest absolute Gasteiger partial charge is 0.314 e. The minimum atomic E-state index is -2.99. The molecule has 29 heavy (non-hydrogen) atoms. The Hall–Kier alpha value is -1.95. The number of nitrogens with zero attached hydrogens (tertiary/aromatic N) is 3. The van der Waals surface area contributed by atoms with Gasteiger partial charge in [0.1, 0.15) is 5.54 Å². The highest BCUT2D eigenvalue weighted by atomic mass is 19.3. The fraction of sp³-hybridized carbons (Fsp3) is 0.850. The zero-order chi connectivity index (χ0) is 21.4. The number of carbonyl (C=O) groups is 2. The van der Waals surface area contributed by atoms with E-state index in [1.165, 1.54) is 0 Å². The molecule has 1 unspecified atom stereocenters. The Morgan fingerprint density at radius 1 is 1.31 bits per heavy atom. The first-order valence-electron chi connectivity index (χ1n) is 10.4. The normalized spacial score (nSPS) is 26.3. The van der Waals surface area contributed by atoms with Crippen LogP contribution in [0.25, 0.3) is 0 Å². The molecule has 0 aromatic heterocycles. The Kier molecular flexibility index (Phi) is 5.78. The Bertz CT molecular complexity index is 690. The number of carbonyl (C=O) groups excluding carboxylic acids is 2. The molecule has 2 saturated heterocycles. The Labute approximate surface area is 170 Å². The summed E-state index contributed by atoms with van der Waals surface area (Å²) in [6.45, 7) is 5.29. The molecule has 3 rings (SSSR count). The second-order valence-electron chi connectivity index (χ2n) is 9.17. The van der Waals surface area contributed by atoms with Gasteiger partial charge in [-0.25, -0.2) is 13.6 Å². The molecule has 0 aromatic rings. The predicted octanol–water partition coefficient (Wildman–Crippen LogP) is 2.08. The van der Waals surface area contributed by atoms with Gasteiger partial charge in [-0.1, -0.05) is 6.92 Å². The van der Waals surface area contributed by atoms with Gasteiger partial charge in [-0.15, -0.1) is 0 Å². The highest BCUT2D eigenvalue weighted by molar-refractivity contribution is 5.81. The van der Waals surface area contributed by atoms with Crippen LogP contribution in [0.4, 0.5) is 13.6 Å². The van der Waals surface area contributed by atoms with Crippen LogP contribution in [0.15, 0.2) is 0 Å². The van der Waals surface area contributed by atoms with Crippen LogP contribution in [0, 0.1) is 22.7 Å². The highest BCUT2D eigenvalue weighted by Gasteiger charge is 2.59. The Morgan fingerprint density at radius 3 is 2.38 bits per heavy atom. The quantitative estimate of drug-likeness (QED) is 0.669. The molecule has 3 aliphatic rings.